The van der Waals surface area contributed by atoms with E-state index in [2.05, 4.69) is 15.1 Å². The summed E-state index contributed by atoms with van der Waals surface area (Å²) in [5.41, 5.74) is 6.09. The predicted molar refractivity (Wildman–Crippen MR) is 128 cm³/mol. The maximum absolute atomic E-state index is 12.5. The molecular formula is C24H26N6O8. The highest BCUT2D eigenvalue weighted by atomic mass is 16.7. The summed E-state index contributed by atoms with van der Waals surface area (Å²) in [6.45, 7) is 4.96. The molecule has 0 unspecified atom stereocenters. The van der Waals surface area contributed by atoms with E-state index in [1.807, 2.05) is 0 Å². The number of pyridine rings is 1. The lowest BCUT2D eigenvalue weighted by Crippen LogP contribution is -2.43. The molecule has 0 aliphatic heterocycles. The zero-order valence-electron chi connectivity index (χ0n) is 21.1. The quantitative estimate of drug-likeness (QED) is 0.230. The van der Waals surface area contributed by atoms with E-state index in [9.17, 15) is 19.6 Å². The molecule has 3 aromatic heterocycles. The number of nitrogens with two attached hydrogens (primary N) is 1. The Morgan fingerprint density at radius 3 is 2.42 bits per heavy atom. The third kappa shape index (κ3) is 6.64. The van der Waals surface area contributed by atoms with E-state index in [0.29, 0.717) is 11.1 Å². The molecule has 0 spiro atoms. The summed E-state index contributed by atoms with van der Waals surface area (Å²) in [5, 5.41) is 13.4. The van der Waals surface area contributed by atoms with Gasteiger partial charge in [-0.1, -0.05) is 0 Å². The van der Waals surface area contributed by atoms with Crippen LogP contribution >= 0.6 is 0 Å². The molecule has 3 aromatic rings. The molecule has 0 saturated heterocycles. The van der Waals surface area contributed by atoms with Gasteiger partial charge in [-0.05, 0) is 43.7 Å². The Morgan fingerprint density at radius 1 is 1.11 bits per heavy atom. The number of carbonyl (C=O) groups is 3. The van der Waals surface area contributed by atoms with E-state index in [1.54, 1.807) is 44.4 Å². The van der Waals surface area contributed by atoms with E-state index < -0.39 is 48.6 Å². The molecule has 2 N–H and O–H groups in total. The van der Waals surface area contributed by atoms with Crippen molar-refractivity contribution in [3.63, 3.8) is 0 Å². The van der Waals surface area contributed by atoms with Gasteiger partial charge in [-0.2, -0.15) is 10.4 Å². The number of aromatic nitrogens is 4. The number of nitrogen functional groups attached to an aromatic ring is 1. The normalized spacial score (nSPS) is 13.4. The fourth-order valence-corrected chi connectivity index (χ4v) is 3.65. The summed E-state index contributed by atoms with van der Waals surface area (Å²) in [7, 11) is 0. The summed E-state index contributed by atoms with van der Waals surface area (Å²) in [6, 6.07) is 6.45. The molecule has 0 aliphatic carbocycles. The van der Waals surface area contributed by atoms with Gasteiger partial charge >= 0.3 is 18.1 Å². The molecule has 0 fully saturated rings. The van der Waals surface area contributed by atoms with Crippen LogP contribution in [0.15, 0.2) is 43.0 Å². The second kappa shape index (κ2) is 11.9. The number of hydrogen-bond acceptors (Lipinski definition) is 13. The summed E-state index contributed by atoms with van der Waals surface area (Å²) in [6.07, 6.45) is 0.481. The van der Waals surface area contributed by atoms with Crippen LogP contribution in [-0.4, -0.2) is 56.5 Å². The van der Waals surface area contributed by atoms with Gasteiger partial charge in [0.1, 0.15) is 24.1 Å². The van der Waals surface area contributed by atoms with Gasteiger partial charge < -0.3 is 29.4 Å². The Hall–Kier alpha value is -4.93. The van der Waals surface area contributed by atoms with Crippen LogP contribution in [0.25, 0.3) is 5.52 Å². The van der Waals surface area contributed by atoms with Gasteiger partial charge in [-0.3, -0.25) is 14.6 Å². The van der Waals surface area contributed by atoms with Gasteiger partial charge in [0.05, 0.1) is 5.69 Å². The van der Waals surface area contributed by atoms with Crippen LogP contribution in [0.1, 0.15) is 45.1 Å². The Bertz CT molecular complexity index is 1340. The van der Waals surface area contributed by atoms with Gasteiger partial charge in [0.25, 0.3) is 6.26 Å². The van der Waals surface area contributed by atoms with Crippen LogP contribution in [0, 0.1) is 11.5 Å². The fourth-order valence-electron chi connectivity index (χ4n) is 3.65. The Kier molecular flexibility index (Phi) is 8.64. The molecule has 38 heavy (non-hydrogen) atoms. The Labute approximate surface area is 217 Å². The van der Waals surface area contributed by atoms with E-state index in [1.165, 1.54) is 23.2 Å². The molecule has 3 rings (SSSR count). The largest absolute Gasteiger partial charge is 0.509 e. The SMILES string of the molecule is CC(=O)O[C@H]([C@@H](COC(=O)OC(C)(C)c1ccncc1)OC#N)[C@@H](OC(C)=O)c1ccc2c(N)ncnn12. The highest BCUT2D eigenvalue weighted by molar-refractivity contribution is 5.69. The van der Waals surface area contributed by atoms with Gasteiger partial charge in [0.15, 0.2) is 24.1 Å². The first kappa shape index (κ1) is 27.7. The molecule has 0 saturated carbocycles. The minimum Gasteiger partial charge on any atom is -0.454 e. The first-order valence-corrected chi connectivity index (χ1v) is 11.3. The van der Waals surface area contributed by atoms with Crippen molar-refractivity contribution in [1.82, 2.24) is 19.6 Å². The molecule has 3 heterocycles. The van der Waals surface area contributed by atoms with Crippen LogP contribution in [0.5, 0.6) is 0 Å². The molecule has 0 aromatic carbocycles. The summed E-state index contributed by atoms with van der Waals surface area (Å²) in [4.78, 5) is 44.5. The fraction of sp³-hybridized carbons (Fsp3) is 0.375. The number of hydrogen-bond donors (Lipinski definition) is 1. The van der Waals surface area contributed by atoms with Crippen molar-refractivity contribution in [3.8, 4) is 6.26 Å². The molecule has 3 atom stereocenters. The molecule has 0 bridgehead atoms. The molecule has 14 nitrogen and oxygen atoms in total. The van der Waals surface area contributed by atoms with Gasteiger partial charge in [-0.25, -0.2) is 14.3 Å². The number of anilines is 1. The van der Waals surface area contributed by atoms with Crippen LogP contribution in [0.3, 0.4) is 0 Å². The number of nitriles is 1. The topological polar surface area (TPSA) is 190 Å². The van der Waals surface area contributed by atoms with E-state index in [0.717, 1.165) is 13.8 Å². The van der Waals surface area contributed by atoms with Crippen molar-refractivity contribution < 1.29 is 38.1 Å². The molecule has 0 aliphatic rings. The van der Waals surface area contributed by atoms with Crippen molar-refractivity contribution in [3.05, 3.63) is 54.2 Å². The molecule has 0 amide bonds. The first-order chi connectivity index (χ1) is 18.0. The van der Waals surface area contributed by atoms with Crippen LogP contribution in [0.2, 0.25) is 0 Å². The highest BCUT2D eigenvalue weighted by Crippen LogP contribution is 2.30. The van der Waals surface area contributed by atoms with Crippen LogP contribution in [0.4, 0.5) is 10.6 Å². The Balaban J connectivity index is 1.89. The average Bonchev–Trinajstić information content (AvgIpc) is 3.29. The lowest BCUT2D eigenvalue weighted by Gasteiger charge is -2.30. The second-order valence-electron chi connectivity index (χ2n) is 8.46. The summed E-state index contributed by atoms with van der Waals surface area (Å²) in [5.74, 6) is -1.38. The monoisotopic (exact) mass is 526 g/mol. The second-order valence-corrected chi connectivity index (χ2v) is 8.46. The van der Waals surface area contributed by atoms with Crippen molar-refractivity contribution in [2.45, 2.75) is 51.6 Å². The Morgan fingerprint density at radius 2 is 1.79 bits per heavy atom. The van der Waals surface area contributed by atoms with E-state index in [4.69, 9.17) is 29.4 Å². The number of rotatable bonds is 10. The maximum Gasteiger partial charge on any atom is 0.509 e. The highest BCUT2D eigenvalue weighted by Gasteiger charge is 2.41. The standard InChI is InChI=1S/C24H26N6O8/c1-14(31)36-20(17-5-6-18-22(26)28-13-29-30(17)18)21(37-15(2)32)19(35-12-25)11-34-23(33)38-24(3,4)16-7-9-27-10-8-16/h5-10,13,19-21H,11H2,1-4H3,(H2,26,28,29)/t19-,20+,21-/m1/s1. The molecule has 0 radical (unpaired) electrons. The lowest BCUT2D eigenvalue weighted by molar-refractivity contribution is -0.179. The third-order valence-corrected chi connectivity index (χ3v) is 5.35. The summed E-state index contributed by atoms with van der Waals surface area (Å²) >= 11 is 0. The lowest BCUT2D eigenvalue weighted by atomic mass is 10.00. The van der Waals surface area contributed by atoms with Crippen molar-refractivity contribution in [2.24, 2.45) is 0 Å². The smallest absolute Gasteiger partial charge is 0.454 e. The molecule has 200 valence electrons. The predicted octanol–water partition coefficient (Wildman–Crippen LogP) is 2.20. The van der Waals surface area contributed by atoms with Crippen molar-refractivity contribution >= 4 is 29.4 Å². The molecule has 14 heteroatoms. The van der Waals surface area contributed by atoms with Crippen molar-refractivity contribution in [2.75, 3.05) is 12.3 Å². The molecular weight excluding hydrogens is 500 g/mol. The van der Waals surface area contributed by atoms with E-state index in [-0.39, 0.29) is 11.5 Å². The minimum atomic E-state index is -1.45. The average molecular weight is 527 g/mol. The first-order valence-electron chi connectivity index (χ1n) is 11.3. The zero-order chi connectivity index (χ0) is 27.9. The van der Waals surface area contributed by atoms with Crippen molar-refractivity contribution in [1.29, 1.82) is 5.26 Å². The van der Waals surface area contributed by atoms with Gasteiger partial charge in [-0.15, -0.1) is 0 Å². The number of fused-ring (bicyclic) bond motifs is 1. The maximum atomic E-state index is 12.5. The number of esters is 2. The zero-order valence-corrected chi connectivity index (χ0v) is 21.1. The van der Waals surface area contributed by atoms with Gasteiger partial charge in [0, 0.05) is 26.2 Å². The minimum absolute atomic E-state index is 0.143. The number of carbonyl (C=O) groups excluding carboxylic acids is 3. The summed E-state index contributed by atoms with van der Waals surface area (Å²) < 4.78 is 28.0. The van der Waals surface area contributed by atoms with Gasteiger partial charge in [0.2, 0.25) is 0 Å². The van der Waals surface area contributed by atoms with Crippen LogP contribution < -0.4 is 5.73 Å². The third-order valence-electron chi connectivity index (χ3n) is 5.35. The number of nitrogens with zero attached hydrogens (tertiary/aromatic N) is 5. The number of ether oxygens (including phenoxy) is 5. The van der Waals surface area contributed by atoms with Crippen LogP contribution in [-0.2, 0) is 38.9 Å². The van der Waals surface area contributed by atoms with E-state index >= 15 is 0 Å².